The van der Waals surface area contributed by atoms with Crippen LogP contribution in [0.1, 0.15) is 29.7 Å². The average Bonchev–Trinajstić information content (AvgIpc) is 2.58. The fourth-order valence-corrected chi connectivity index (χ4v) is 3.15. The number of anilines is 1. The lowest BCUT2D eigenvalue weighted by Crippen LogP contribution is -2.48. The number of carbonyl (C=O) groups is 1. The number of carbonyl (C=O) groups excluding carboxylic acids is 1. The van der Waals surface area contributed by atoms with E-state index in [2.05, 4.69) is 19.1 Å². The highest BCUT2D eigenvalue weighted by atomic mass is 16.5. The smallest absolute Gasteiger partial charge is 0.227 e. The number of amides is 1. The first-order chi connectivity index (χ1) is 11.5. The van der Waals surface area contributed by atoms with E-state index in [0.717, 1.165) is 11.1 Å². The number of nitrogens with zero attached hydrogens (tertiary/aromatic N) is 1. The monoisotopic (exact) mass is 324 g/mol. The number of morpholine rings is 1. The van der Waals surface area contributed by atoms with Crippen LogP contribution in [-0.4, -0.2) is 30.0 Å². The fraction of sp³-hybridized carbons (Fsp3) is 0.350. The molecule has 1 saturated heterocycles. The van der Waals surface area contributed by atoms with Crippen molar-refractivity contribution < 1.29 is 9.53 Å². The predicted molar refractivity (Wildman–Crippen MR) is 95.6 cm³/mol. The van der Waals surface area contributed by atoms with E-state index in [4.69, 9.17) is 10.5 Å². The zero-order valence-corrected chi connectivity index (χ0v) is 14.2. The molecule has 0 saturated carbocycles. The summed E-state index contributed by atoms with van der Waals surface area (Å²) in [5, 5.41) is 0. The molecule has 0 radical (unpaired) electrons. The van der Waals surface area contributed by atoms with E-state index in [1.54, 1.807) is 0 Å². The van der Waals surface area contributed by atoms with Gasteiger partial charge in [-0.1, -0.05) is 36.4 Å². The third-order valence-corrected chi connectivity index (χ3v) is 4.62. The van der Waals surface area contributed by atoms with Crippen LogP contribution in [0.3, 0.4) is 0 Å². The van der Waals surface area contributed by atoms with E-state index in [-0.39, 0.29) is 18.1 Å². The van der Waals surface area contributed by atoms with Crippen LogP contribution in [0.4, 0.5) is 5.69 Å². The molecule has 0 aromatic heterocycles. The number of hydrogen-bond donors (Lipinski definition) is 1. The van der Waals surface area contributed by atoms with Crippen LogP contribution < -0.4 is 5.73 Å². The lowest BCUT2D eigenvalue weighted by Gasteiger charge is -2.38. The van der Waals surface area contributed by atoms with Gasteiger partial charge in [-0.25, -0.2) is 0 Å². The normalized spacial score (nSPS) is 20.8. The van der Waals surface area contributed by atoms with Crippen molar-refractivity contribution in [1.29, 1.82) is 0 Å². The largest absolute Gasteiger partial charge is 0.399 e. The van der Waals surface area contributed by atoms with Crippen molar-refractivity contribution in [2.24, 2.45) is 0 Å². The van der Waals surface area contributed by atoms with Crippen molar-refractivity contribution in [3.8, 4) is 0 Å². The SMILES string of the molecule is Cc1ccccc1C1CN(C(=O)Cc2ccc(N)cc2)C(C)CO1. The minimum absolute atomic E-state index is 0.0576. The summed E-state index contributed by atoms with van der Waals surface area (Å²) in [6, 6.07) is 15.8. The molecule has 0 bridgehead atoms. The highest BCUT2D eigenvalue weighted by Gasteiger charge is 2.30. The fourth-order valence-electron chi connectivity index (χ4n) is 3.15. The lowest BCUT2D eigenvalue weighted by molar-refractivity contribution is -0.143. The van der Waals surface area contributed by atoms with Gasteiger partial charge in [0.2, 0.25) is 5.91 Å². The molecule has 0 spiro atoms. The first kappa shape index (κ1) is 16.5. The van der Waals surface area contributed by atoms with Crippen LogP contribution in [0, 0.1) is 6.92 Å². The van der Waals surface area contributed by atoms with Crippen molar-refractivity contribution in [1.82, 2.24) is 4.90 Å². The summed E-state index contributed by atoms with van der Waals surface area (Å²) in [7, 11) is 0. The maximum Gasteiger partial charge on any atom is 0.227 e. The molecule has 1 aliphatic heterocycles. The summed E-state index contributed by atoms with van der Waals surface area (Å²) in [5.74, 6) is 0.133. The van der Waals surface area contributed by atoms with Crippen molar-refractivity contribution in [2.75, 3.05) is 18.9 Å². The number of ether oxygens (including phenoxy) is 1. The lowest BCUT2D eigenvalue weighted by atomic mass is 10.0. The van der Waals surface area contributed by atoms with Crippen molar-refractivity contribution >= 4 is 11.6 Å². The standard InChI is InChI=1S/C20H24N2O2/c1-14-5-3-4-6-18(14)19-12-22(15(2)13-24-19)20(23)11-16-7-9-17(21)10-8-16/h3-10,15,19H,11-13,21H2,1-2H3. The second-order valence-corrected chi connectivity index (χ2v) is 6.49. The van der Waals surface area contributed by atoms with E-state index in [1.807, 2.05) is 48.2 Å². The molecule has 2 aromatic rings. The van der Waals surface area contributed by atoms with E-state index in [0.29, 0.717) is 25.3 Å². The van der Waals surface area contributed by atoms with E-state index in [9.17, 15) is 4.79 Å². The molecule has 1 heterocycles. The minimum atomic E-state index is -0.0576. The number of nitrogen functional groups attached to an aromatic ring is 1. The zero-order chi connectivity index (χ0) is 17.1. The summed E-state index contributed by atoms with van der Waals surface area (Å²) >= 11 is 0. The van der Waals surface area contributed by atoms with E-state index < -0.39 is 0 Å². The maximum absolute atomic E-state index is 12.8. The van der Waals surface area contributed by atoms with Gasteiger partial charge in [-0.3, -0.25) is 4.79 Å². The van der Waals surface area contributed by atoms with Gasteiger partial charge in [-0.05, 0) is 42.7 Å². The Kier molecular flexibility index (Phi) is 4.86. The maximum atomic E-state index is 12.8. The minimum Gasteiger partial charge on any atom is -0.399 e. The number of hydrogen-bond acceptors (Lipinski definition) is 3. The molecule has 0 aliphatic carbocycles. The summed E-state index contributed by atoms with van der Waals surface area (Å²) < 4.78 is 5.99. The molecule has 1 amide bonds. The van der Waals surface area contributed by atoms with Gasteiger partial charge in [0, 0.05) is 5.69 Å². The second-order valence-electron chi connectivity index (χ2n) is 6.49. The van der Waals surface area contributed by atoms with E-state index in [1.165, 1.54) is 5.56 Å². The Balaban J connectivity index is 1.72. The Labute approximate surface area is 143 Å². The third kappa shape index (κ3) is 3.60. The molecule has 4 nitrogen and oxygen atoms in total. The molecule has 1 fully saturated rings. The Morgan fingerprint density at radius 3 is 2.62 bits per heavy atom. The third-order valence-electron chi connectivity index (χ3n) is 4.62. The number of nitrogens with two attached hydrogens (primary N) is 1. The predicted octanol–water partition coefficient (Wildman–Crippen LogP) is 3.11. The van der Waals surface area contributed by atoms with Gasteiger partial charge in [0.25, 0.3) is 0 Å². The number of benzene rings is 2. The highest BCUT2D eigenvalue weighted by molar-refractivity contribution is 5.79. The Morgan fingerprint density at radius 2 is 1.92 bits per heavy atom. The number of rotatable bonds is 3. The van der Waals surface area contributed by atoms with Crippen LogP contribution in [0.25, 0.3) is 0 Å². The van der Waals surface area contributed by atoms with Crippen LogP contribution in [0.2, 0.25) is 0 Å². The summed E-state index contributed by atoms with van der Waals surface area (Å²) in [5.41, 5.74) is 9.77. The molecule has 2 atom stereocenters. The molecule has 3 rings (SSSR count). The molecular weight excluding hydrogens is 300 g/mol. The van der Waals surface area contributed by atoms with Gasteiger partial charge in [0.15, 0.2) is 0 Å². The quantitative estimate of drug-likeness (QED) is 0.883. The molecule has 4 heteroatoms. The zero-order valence-electron chi connectivity index (χ0n) is 14.2. The van der Waals surface area contributed by atoms with Crippen molar-refractivity contribution in [3.63, 3.8) is 0 Å². The topological polar surface area (TPSA) is 55.6 Å². The highest BCUT2D eigenvalue weighted by Crippen LogP contribution is 2.27. The molecule has 2 unspecified atom stereocenters. The van der Waals surface area contributed by atoms with Gasteiger partial charge in [0.05, 0.1) is 25.6 Å². The number of aryl methyl sites for hydroxylation is 1. The van der Waals surface area contributed by atoms with Crippen LogP contribution in [-0.2, 0) is 16.0 Å². The van der Waals surface area contributed by atoms with Crippen molar-refractivity contribution in [2.45, 2.75) is 32.4 Å². The first-order valence-electron chi connectivity index (χ1n) is 8.35. The molecule has 126 valence electrons. The molecular formula is C20H24N2O2. The molecule has 2 N–H and O–H groups in total. The molecule has 24 heavy (non-hydrogen) atoms. The van der Waals surface area contributed by atoms with Crippen molar-refractivity contribution in [3.05, 3.63) is 65.2 Å². The van der Waals surface area contributed by atoms with Gasteiger partial charge in [-0.2, -0.15) is 0 Å². The van der Waals surface area contributed by atoms with E-state index >= 15 is 0 Å². The van der Waals surface area contributed by atoms with Crippen LogP contribution in [0.15, 0.2) is 48.5 Å². The average molecular weight is 324 g/mol. The summed E-state index contributed by atoms with van der Waals surface area (Å²) in [6.07, 6.45) is 0.336. The summed E-state index contributed by atoms with van der Waals surface area (Å²) in [6.45, 7) is 5.28. The van der Waals surface area contributed by atoms with Crippen LogP contribution >= 0.6 is 0 Å². The second kappa shape index (κ2) is 7.05. The Bertz CT molecular complexity index is 712. The van der Waals surface area contributed by atoms with Gasteiger partial charge in [0.1, 0.15) is 6.10 Å². The molecule has 2 aromatic carbocycles. The Morgan fingerprint density at radius 1 is 1.21 bits per heavy atom. The van der Waals surface area contributed by atoms with Gasteiger partial charge < -0.3 is 15.4 Å². The molecule has 1 aliphatic rings. The first-order valence-corrected chi connectivity index (χ1v) is 8.35. The Hall–Kier alpha value is -2.33. The van der Waals surface area contributed by atoms with Crippen LogP contribution in [0.5, 0.6) is 0 Å². The van der Waals surface area contributed by atoms with Gasteiger partial charge >= 0.3 is 0 Å². The van der Waals surface area contributed by atoms with Gasteiger partial charge in [-0.15, -0.1) is 0 Å². The summed E-state index contributed by atoms with van der Waals surface area (Å²) in [4.78, 5) is 14.7.